The summed E-state index contributed by atoms with van der Waals surface area (Å²) < 4.78 is 5.45. The Bertz CT molecular complexity index is 148. The first-order valence-corrected chi connectivity index (χ1v) is 5.27. The smallest absolute Gasteiger partial charge is 0.0625 e. The third kappa shape index (κ3) is 3.65. The number of hydrogen-bond acceptors (Lipinski definition) is 2. The zero-order valence-electron chi connectivity index (χ0n) is 9.47. The van der Waals surface area contributed by atoms with Crippen LogP contribution in [0.2, 0.25) is 0 Å². The summed E-state index contributed by atoms with van der Waals surface area (Å²) in [6.07, 6.45) is 3.88. The molecule has 0 N–H and O–H groups in total. The van der Waals surface area contributed by atoms with Crippen molar-refractivity contribution >= 4 is 0 Å². The van der Waals surface area contributed by atoms with E-state index in [-0.39, 0.29) is 5.60 Å². The Kier molecular flexibility index (Phi) is 3.74. The fourth-order valence-electron chi connectivity index (χ4n) is 2.04. The quantitative estimate of drug-likeness (QED) is 0.668. The molecule has 0 aromatic carbocycles. The van der Waals surface area contributed by atoms with Gasteiger partial charge >= 0.3 is 0 Å². The highest BCUT2D eigenvalue weighted by Crippen LogP contribution is 2.27. The molecule has 2 nitrogen and oxygen atoms in total. The summed E-state index contributed by atoms with van der Waals surface area (Å²) in [5.74, 6) is 0.867. The summed E-state index contributed by atoms with van der Waals surface area (Å²) in [6, 6.07) is 0. The van der Waals surface area contributed by atoms with Crippen LogP contribution in [0, 0.1) is 5.92 Å². The molecule has 1 fully saturated rings. The molecule has 0 aromatic heterocycles. The summed E-state index contributed by atoms with van der Waals surface area (Å²) in [5.41, 5.74) is 0.0700. The second kappa shape index (κ2) is 4.43. The molecule has 0 saturated carbocycles. The SMILES string of the molecule is COC(C)(C)CC1CCN(C)CC1. The maximum absolute atomic E-state index is 5.45. The van der Waals surface area contributed by atoms with Gasteiger partial charge in [0.25, 0.3) is 0 Å². The first-order valence-electron chi connectivity index (χ1n) is 5.27. The van der Waals surface area contributed by atoms with Gasteiger partial charge in [-0.05, 0) is 59.2 Å². The molecule has 0 unspecified atom stereocenters. The van der Waals surface area contributed by atoms with Crippen molar-refractivity contribution in [2.75, 3.05) is 27.2 Å². The molecule has 78 valence electrons. The van der Waals surface area contributed by atoms with Crippen LogP contribution in [0.15, 0.2) is 0 Å². The van der Waals surface area contributed by atoms with E-state index in [1.165, 1.54) is 32.4 Å². The van der Waals surface area contributed by atoms with Gasteiger partial charge in [-0.15, -0.1) is 0 Å². The third-order valence-electron chi connectivity index (χ3n) is 3.17. The van der Waals surface area contributed by atoms with E-state index in [1.807, 2.05) is 7.11 Å². The molecule has 0 bridgehead atoms. The van der Waals surface area contributed by atoms with Gasteiger partial charge in [-0.1, -0.05) is 0 Å². The number of hydrogen-bond donors (Lipinski definition) is 0. The van der Waals surface area contributed by atoms with E-state index in [4.69, 9.17) is 4.74 Å². The van der Waals surface area contributed by atoms with Crippen LogP contribution in [0.3, 0.4) is 0 Å². The molecule has 0 aromatic rings. The van der Waals surface area contributed by atoms with Gasteiger partial charge in [-0.3, -0.25) is 0 Å². The van der Waals surface area contributed by atoms with Crippen molar-refractivity contribution in [3.8, 4) is 0 Å². The number of ether oxygens (including phenoxy) is 1. The summed E-state index contributed by atoms with van der Waals surface area (Å²) in [6.45, 7) is 6.88. The van der Waals surface area contributed by atoms with E-state index in [2.05, 4.69) is 25.8 Å². The van der Waals surface area contributed by atoms with Crippen LogP contribution in [0.4, 0.5) is 0 Å². The third-order valence-corrected chi connectivity index (χ3v) is 3.17. The minimum absolute atomic E-state index is 0.0700. The highest BCUT2D eigenvalue weighted by molar-refractivity contribution is 4.78. The van der Waals surface area contributed by atoms with Crippen molar-refractivity contribution in [3.63, 3.8) is 0 Å². The van der Waals surface area contributed by atoms with E-state index in [0.717, 1.165) is 5.92 Å². The molecular weight excluding hydrogens is 162 g/mol. The topological polar surface area (TPSA) is 12.5 Å². The number of nitrogens with zero attached hydrogens (tertiary/aromatic N) is 1. The molecule has 2 heteroatoms. The van der Waals surface area contributed by atoms with Crippen LogP contribution < -0.4 is 0 Å². The lowest BCUT2D eigenvalue weighted by Crippen LogP contribution is -2.34. The average Bonchev–Trinajstić information content (AvgIpc) is 2.09. The maximum atomic E-state index is 5.45. The van der Waals surface area contributed by atoms with E-state index < -0.39 is 0 Å². The lowest BCUT2D eigenvalue weighted by Gasteiger charge is -2.34. The predicted molar refractivity (Wildman–Crippen MR) is 55.9 cm³/mol. The van der Waals surface area contributed by atoms with Gasteiger partial charge in [0, 0.05) is 7.11 Å². The van der Waals surface area contributed by atoms with Crippen LogP contribution in [0.25, 0.3) is 0 Å². The molecule has 1 saturated heterocycles. The van der Waals surface area contributed by atoms with Crippen molar-refractivity contribution in [3.05, 3.63) is 0 Å². The minimum Gasteiger partial charge on any atom is -0.379 e. The largest absolute Gasteiger partial charge is 0.379 e. The summed E-state index contributed by atoms with van der Waals surface area (Å²) in [5, 5.41) is 0. The number of rotatable bonds is 3. The first-order chi connectivity index (χ1) is 6.03. The van der Waals surface area contributed by atoms with Gasteiger partial charge in [0.2, 0.25) is 0 Å². The van der Waals surface area contributed by atoms with Gasteiger partial charge in [-0.2, -0.15) is 0 Å². The van der Waals surface area contributed by atoms with Gasteiger partial charge in [0.1, 0.15) is 0 Å². The fourth-order valence-corrected chi connectivity index (χ4v) is 2.04. The van der Waals surface area contributed by atoms with Gasteiger partial charge in [0.15, 0.2) is 0 Å². The predicted octanol–water partition coefficient (Wildman–Crippen LogP) is 2.14. The van der Waals surface area contributed by atoms with Gasteiger partial charge in [-0.25, -0.2) is 0 Å². The normalized spacial score (nSPS) is 22.2. The molecule has 0 amide bonds. The zero-order valence-corrected chi connectivity index (χ0v) is 9.47. The van der Waals surface area contributed by atoms with Gasteiger partial charge in [0.05, 0.1) is 5.60 Å². The Morgan fingerprint density at radius 3 is 2.31 bits per heavy atom. The van der Waals surface area contributed by atoms with Gasteiger partial charge < -0.3 is 9.64 Å². The Balaban J connectivity index is 2.30. The van der Waals surface area contributed by atoms with Crippen molar-refractivity contribution in [2.45, 2.75) is 38.7 Å². The van der Waals surface area contributed by atoms with Crippen LogP contribution in [-0.4, -0.2) is 37.7 Å². The molecule has 0 radical (unpaired) electrons. The van der Waals surface area contributed by atoms with Crippen molar-refractivity contribution in [1.29, 1.82) is 0 Å². The molecule has 1 aliphatic heterocycles. The van der Waals surface area contributed by atoms with Crippen molar-refractivity contribution in [1.82, 2.24) is 4.90 Å². The molecule has 1 heterocycles. The van der Waals surface area contributed by atoms with Crippen molar-refractivity contribution < 1.29 is 4.74 Å². The van der Waals surface area contributed by atoms with E-state index in [0.29, 0.717) is 0 Å². The zero-order chi connectivity index (χ0) is 9.90. The minimum atomic E-state index is 0.0700. The van der Waals surface area contributed by atoms with E-state index in [9.17, 15) is 0 Å². The lowest BCUT2D eigenvalue weighted by atomic mass is 9.86. The maximum Gasteiger partial charge on any atom is 0.0625 e. The fraction of sp³-hybridized carbons (Fsp3) is 1.00. The summed E-state index contributed by atoms with van der Waals surface area (Å²) >= 11 is 0. The van der Waals surface area contributed by atoms with E-state index in [1.54, 1.807) is 0 Å². The standard InChI is InChI=1S/C11H23NO/c1-11(2,13-4)9-10-5-7-12(3)8-6-10/h10H,5-9H2,1-4H3. The Hall–Kier alpha value is -0.0800. The molecule has 1 aliphatic rings. The Morgan fingerprint density at radius 1 is 1.31 bits per heavy atom. The molecule has 1 rings (SSSR count). The Morgan fingerprint density at radius 2 is 1.85 bits per heavy atom. The summed E-state index contributed by atoms with van der Waals surface area (Å²) in [7, 11) is 4.02. The number of likely N-dealkylation sites (tertiary alicyclic amines) is 1. The van der Waals surface area contributed by atoms with Crippen LogP contribution >= 0.6 is 0 Å². The highest BCUT2D eigenvalue weighted by atomic mass is 16.5. The average molecular weight is 185 g/mol. The van der Waals surface area contributed by atoms with Crippen LogP contribution in [0.5, 0.6) is 0 Å². The highest BCUT2D eigenvalue weighted by Gasteiger charge is 2.25. The van der Waals surface area contributed by atoms with E-state index >= 15 is 0 Å². The second-order valence-corrected chi connectivity index (χ2v) is 4.91. The summed E-state index contributed by atoms with van der Waals surface area (Å²) in [4.78, 5) is 2.41. The second-order valence-electron chi connectivity index (χ2n) is 4.91. The van der Waals surface area contributed by atoms with Crippen LogP contribution in [0.1, 0.15) is 33.1 Å². The molecule has 0 aliphatic carbocycles. The lowest BCUT2D eigenvalue weighted by molar-refractivity contribution is -0.00532. The van der Waals surface area contributed by atoms with Crippen molar-refractivity contribution in [2.24, 2.45) is 5.92 Å². The number of piperidine rings is 1. The molecule has 0 atom stereocenters. The van der Waals surface area contributed by atoms with Crippen LogP contribution in [-0.2, 0) is 4.74 Å². The molecular formula is C11H23NO. The Labute approximate surface area is 82.3 Å². The molecule has 0 spiro atoms. The monoisotopic (exact) mass is 185 g/mol. The molecule has 13 heavy (non-hydrogen) atoms. The first kappa shape index (κ1) is 11.0. The number of methoxy groups -OCH3 is 1.